The zero-order valence-electron chi connectivity index (χ0n) is 14.2. The first-order chi connectivity index (χ1) is 12.0. The highest BCUT2D eigenvalue weighted by Crippen LogP contribution is 2.35. The first-order valence-electron chi connectivity index (χ1n) is 7.50. The van der Waals surface area contributed by atoms with Crippen LogP contribution in [0.5, 0.6) is 5.75 Å². The molecule has 0 spiro atoms. The fourth-order valence-electron chi connectivity index (χ4n) is 1.94. The number of hydrogen-bond donors (Lipinski definition) is 2. The molecule has 144 valence electrons. The number of nitrogens with one attached hydrogen (secondary N) is 2. The zero-order valence-corrected chi connectivity index (χ0v) is 18.8. The lowest BCUT2D eigenvalue weighted by Crippen LogP contribution is -2.40. The molecule has 2 rings (SSSR count). The van der Waals surface area contributed by atoms with E-state index in [-0.39, 0.29) is 24.0 Å². The fraction of sp³-hybridized carbons (Fsp3) is 0.400. The minimum Gasteiger partial charge on any atom is -0.489 e. The van der Waals surface area contributed by atoms with Crippen LogP contribution in [0.4, 0.5) is 0 Å². The molecule has 1 aromatic carbocycles. The number of aliphatic imine (C=N–C) groups is 1. The molecule has 0 aliphatic carbocycles. The van der Waals surface area contributed by atoms with Crippen molar-refractivity contribution >= 4 is 64.7 Å². The van der Waals surface area contributed by atoms with E-state index in [4.69, 9.17) is 44.1 Å². The fourth-order valence-corrected chi connectivity index (χ4v) is 2.87. The highest BCUT2D eigenvalue weighted by molar-refractivity contribution is 14.0. The lowest BCUT2D eigenvalue weighted by molar-refractivity contribution is 0.322. The van der Waals surface area contributed by atoms with E-state index in [0.29, 0.717) is 64.6 Å². The van der Waals surface area contributed by atoms with Gasteiger partial charge < -0.3 is 19.9 Å². The molecular weight excluding hydrogens is 515 g/mol. The van der Waals surface area contributed by atoms with E-state index >= 15 is 0 Å². The molecule has 0 atom stereocenters. The van der Waals surface area contributed by atoms with Gasteiger partial charge in [-0.2, -0.15) is 4.98 Å². The summed E-state index contributed by atoms with van der Waals surface area (Å²) >= 11 is 18.0. The monoisotopic (exact) mass is 533 g/mol. The number of hydrogen-bond acceptors (Lipinski definition) is 5. The Balaban J connectivity index is 0.00000338. The number of benzene rings is 1. The maximum atomic E-state index is 6.06. The maximum Gasteiger partial charge on any atom is 0.228 e. The number of halogens is 4. The van der Waals surface area contributed by atoms with Gasteiger partial charge in [-0.25, -0.2) is 0 Å². The van der Waals surface area contributed by atoms with E-state index in [1.807, 2.05) is 0 Å². The SMILES string of the molecule is CN=C(NCCOc1c(Cl)cc(Cl)cc1Cl)NCCc1nc(C)no1.I. The number of ether oxygens (including phenoxy) is 1. The summed E-state index contributed by atoms with van der Waals surface area (Å²) in [6, 6.07) is 3.16. The Bertz CT molecular complexity index is 719. The Labute approximate surface area is 183 Å². The third-order valence-electron chi connectivity index (χ3n) is 3.03. The molecule has 7 nitrogen and oxygen atoms in total. The second kappa shape index (κ2) is 11.7. The van der Waals surface area contributed by atoms with E-state index in [1.165, 1.54) is 0 Å². The van der Waals surface area contributed by atoms with E-state index in [9.17, 15) is 0 Å². The van der Waals surface area contributed by atoms with Gasteiger partial charge >= 0.3 is 0 Å². The Kier molecular flexibility index (Phi) is 10.4. The molecule has 26 heavy (non-hydrogen) atoms. The molecule has 2 aromatic rings. The Morgan fingerprint density at radius 1 is 1.19 bits per heavy atom. The number of nitrogens with zero attached hydrogens (tertiary/aromatic N) is 3. The largest absolute Gasteiger partial charge is 0.489 e. The van der Waals surface area contributed by atoms with Gasteiger partial charge in [-0.1, -0.05) is 40.0 Å². The first-order valence-corrected chi connectivity index (χ1v) is 8.64. The smallest absolute Gasteiger partial charge is 0.228 e. The summed E-state index contributed by atoms with van der Waals surface area (Å²) in [6.45, 7) is 3.25. The average Bonchev–Trinajstić information content (AvgIpc) is 2.96. The lowest BCUT2D eigenvalue weighted by Gasteiger charge is -2.13. The Morgan fingerprint density at radius 2 is 1.85 bits per heavy atom. The van der Waals surface area contributed by atoms with Gasteiger partial charge in [0.1, 0.15) is 6.61 Å². The van der Waals surface area contributed by atoms with Gasteiger partial charge in [-0.15, -0.1) is 24.0 Å². The molecule has 0 amide bonds. The van der Waals surface area contributed by atoms with Crippen LogP contribution in [-0.4, -0.2) is 42.8 Å². The molecular formula is C15H19Cl3IN5O2. The minimum atomic E-state index is 0. The molecule has 0 aliphatic rings. The topological polar surface area (TPSA) is 84.6 Å². The van der Waals surface area contributed by atoms with Gasteiger partial charge in [0.2, 0.25) is 5.89 Å². The molecule has 0 aliphatic heterocycles. The summed E-state index contributed by atoms with van der Waals surface area (Å²) < 4.78 is 10.6. The van der Waals surface area contributed by atoms with Crippen molar-refractivity contribution in [1.82, 2.24) is 20.8 Å². The highest BCUT2D eigenvalue weighted by Gasteiger charge is 2.09. The zero-order chi connectivity index (χ0) is 18.2. The Hall–Kier alpha value is -0.970. The predicted octanol–water partition coefficient (Wildman–Crippen LogP) is 3.74. The molecule has 0 unspecified atom stereocenters. The number of aromatic nitrogens is 2. The van der Waals surface area contributed by atoms with Crippen molar-refractivity contribution in [2.24, 2.45) is 4.99 Å². The van der Waals surface area contributed by atoms with Crippen LogP contribution in [0.15, 0.2) is 21.6 Å². The molecule has 0 bridgehead atoms. The van der Waals surface area contributed by atoms with Crippen LogP contribution in [0, 0.1) is 6.92 Å². The van der Waals surface area contributed by atoms with Crippen LogP contribution in [0.25, 0.3) is 0 Å². The van der Waals surface area contributed by atoms with Crippen molar-refractivity contribution in [3.8, 4) is 5.75 Å². The van der Waals surface area contributed by atoms with Crippen LogP contribution in [0.1, 0.15) is 11.7 Å². The molecule has 11 heteroatoms. The van der Waals surface area contributed by atoms with Gasteiger partial charge in [0.15, 0.2) is 17.5 Å². The summed E-state index contributed by atoms with van der Waals surface area (Å²) in [7, 11) is 1.68. The number of rotatable bonds is 7. The van der Waals surface area contributed by atoms with Crippen molar-refractivity contribution in [2.75, 3.05) is 26.7 Å². The van der Waals surface area contributed by atoms with Gasteiger partial charge in [-0.3, -0.25) is 4.99 Å². The number of aryl methyl sites for hydroxylation is 1. The van der Waals surface area contributed by atoms with Crippen LogP contribution in [-0.2, 0) is 6.42 Å². The van der Waals surface area contributed by atoms with E-state index in [2.05, 4.69) is 25.8 Å². The molecule has 1 aromatic heterocycles. The van der Waals surface area contributed by atoms with Crippen molar-refractivity contribution in [3.05, 3.63) is 38.9 Å². The predicted molar refractivity (Wildman–Crippen MR) is 114 cm³/mol. The second-order valence-corrected chi connectivity index (χ2v) is 6.21. The molecule has 0 saturated carbocycles. The van der Waals surface area contributed by atoms with Gasteiger partial charge in [0.25, 0.3) is 0 Å². The highest BCUT2D eigenvalue weighted by atomic mass is 127. The summed E-state index contributed by atoms with van der Waals surface area (Å²) in [5.74, 6) is 2.24. The summed E-state index contributed by atoms with van der Waals surface area (Å²) in [4.78, 5) is 8.25. The van der Waals surface area contributed by atoms with Gasteiger partial charge in [-0.05, 0) is 19.1 Å². The summed E-state index contributed by atoms with van der Waals surface area (Å²) in [5.41, 5.74) is 0. The molecule has 1 heterocycles. The van der Waals surface area contributed by atoms with Gasteiger partial charge in [0, 0.05) is 25.0 Å². The third-order valence-corrected chi connectivity index (χ3v) is 3.81. The second-order valence-electron chi connectivity index (χ2n) is 4.96. The van der Waals surface area contributed by atoms with E-state index in [0.717, 1.165) is 0 Å². The molecule has 0 radical (unpaired) electrons. The van der Waals surface area contributed by atoms with E-state index < -0.39 is 0 Å². The normalized spacial score (nSPS) is 11.0. The molecule has 0 saturated heterocycles. The maximum absolute atomic E-state index is 6.06. The minimum absolute atomic E-state index is 0. The van der Waals surface area contributed by atoms with Crippen molar-refractivity contribution in [1.29, 1.82) is 0 Å². The van der Waals surface area contributed by atoms with Gasteiger partial charge in [0.05, 0.1) is 16.6 Å². The quantitative estimate of drug-likeness (QED) is 0.244. The standard InChI is InChI=1S/C15H18Cl3N5O2.HI/c1-9-22-13(25-23-9)3-4-20-15(19-2)21-5-6-24-14-11(17)7-10(16)8-12(14)18;/h7-8H,3-6H2,1-2H3,(H2,19,20,21);1H. The lowest BCUT2D eigenvalue weighted by atomic mass is 10.3. The molecule has 2 N–H and O–H groups in total. The Morgan fingerprint density at radius 3 is 2.42 bits per heavy atom. The van der Waals surface area contributed by atoms with Crippen molar-refractivity contribution in [2.45, 2.75) is 13.3 Å². The molecule has 0 fully saturated rings. The third kappa shape index (κ3) is 7.34. The summed E-state index contributed by atoms with van der Waals surface area (Å²) in [6.07, 6.45) is 0.605. The van der Waals surface area contributed by atoms with E-state index in [1.54, 1.807) is 26.1 Å². The van der Waals surface area contributed by atoms with Crippen LogP contribution >= 0.6 is 58.8 Å². The van der Waals surface area contributed by atoms with Crippen LogP contribution in [0.3, 0.4) is 0 Å². The summed E-state index contributed by atoms with van der Waals surface area (Å²) in [5, 5.41) is 11.2. The first kappa shape index (κ1) is 23.1. The van der Waals surface area contributed by atoms with Crippen LogP contribution in [0.2, 0.25) is 15.1 Å². The number of guanidine groups is 1. The van der Waals surface area contributed by atoms with Crippen LogP contribution < -0.4 is 15.4 Å². The average molecular weight is 535 g/mol. The van der Waals surface area contributed by atoms with Crippen molar-refractivity contribution in [3.63, 3.8) is 0 Å². The van der Waals surface area contributed by atoms with Crippen molar-refractivity contribution < 1.29 is 9.26 Å².